The minimum Gasteiger partial charge on any atom is -0.354 e. The lowest BCUT2D eigenvalue weighted by Crippen LogP contribution is -2.43. The van der Waals surface area contributed by atoms with E-state index >= 15 is 0 Å². The zero-order valence-corrected chi connectivity index (χ0v) is 15.3. The molecule has 5 nitrogen and oxygen atoms in total. The molecular weight excluding hydrogens is 314 g/mol. The molecule has 5 heteroatoms. The van der Waals surface area contributed by atoms with Crippen LogP contribution in [0.5, 0.6) is 0 Å². The van der Waals surface area contributed by atoms with Crippen molar-refractivity contribution in [3.05, 3.63) is 35.4 Å². The molecule has 2 N–H and O–H groups in total. The SMILES string of the molecule is CN(C)C(=O)c1cccc(CCNC(=O)C2CC3CCCCC3N2)c1. The van der Waals surface area contributed by atoms with Crippen molar-refractivity contribution in [2.45, 2.75) is 50.6 Å². The van der Waals surface area contributed by atoms with Crippen LogP contribution >= 0.6 is 0 Å². The highest BCUT2D eigenvalue weighted by atomic mass is 16.2. The second-order valence-electron chi connectivity index (χ2n) is 7.55. The Hall–Kier alpha value is -1.88. The minimum absolute atomic E-state index is 0.00338. The molecule has 3 unspecified atom stereocenters. The molecule has 0 bridgehead atoms. The number of nitrogens with one attached hydrogen (secondary N) is 2. The quantitative estimate of drug-likeness (QED) is 0.859. The maximum atomic E-state index is 12.4. The number of rotatable bonds is 5. The van der Waals surface area contributed by atoms with E-state index in [2.05, 4.69) is 10.6 Å². The highest BCUT2D eigenvalue weighted by molar-refractivity contribution is 5.94. The lowest BCUT2D eigenvalue weighted by molar-refractivity contribution is -0.122. The Balaban J connectivity index is 1.47. The van der Waals surface area contributed by atoms with Crippen LogP contribution in [0.2, 0.25) is 0 Å². The van der Waals surface area contributed by atoms with Gasteiger partial charge in [0.25, 0.3) is 5.91 Å². The zero-order chi connectivity index (χ0) is 17.8. The molecule has 1 aromatic rings. The summed E-state index contributed by atoms with van der Waals surface area (Å²) in [5, 5.41) is 6.57. The Morgan fingerprint density at radius 1 is 1.24 bits per heavy atom. The molecular formula is C20H29N3O2. The van der Waals surface area contributed by atoms with Crippen LogP contribution in [0.1, 0.15) is 48.0 Å². The molecule has 0 radical (unpaired) electrons. The fourth-order valence-corrected chi connectivity index (χ4v) is 4.09. The largest absolute Gasteiger partial charge is 0.354 e. The van der Waals surface area contributed by atoms with Gasteiger partial charge in [0.05, 0.1) is 6.04 Å². The molecule has 0 aromatic heterocycles. The van der Waals surface area contributed by atoms with Crippen LogP contribution < -0.4 is 10.6 Å². The van der Waals surface area contributed by atoms with E-state index in [0.29, 0.717) is 24.1 Å². The fourth-order valence-electron chi connectivity index (χ4n) is 4.09. The molecule has 1 aromatic carbocycles. The summed E-state index contributed by atoms with van der Waals surface area (Å²) < 4.78 is 0. The average molecular weight is 343 g/mol. The van der Waals surface area contributed by atoms with Gasteiger partial charge in [0.15, 0.2) is 0 Å². The fraction of sp³-hybridized carbons (Fsp3) is 0.600. The number of carbonyl (C=O) groups excluding carboxylic acids is 2. The summed E-state index contributed by atoms with van der Waals surface area (Å²) in [5.74, 6) is 0.803. The second kappa shape index (κ2) is 8.00. The van der Waals surface area contributed by atoms with Crippen molar-refractivity contribution in [2.24, 2.45) is 5.92 Å². The summed E-state index contributed by atoms with van der Waals surface area (Å²) in [6, 6.07) is 8.15. The molecule has 1 saturated heterocycles. The van der Waals surface area contributed by atoms with Crippen LogP contribution in [0.4, 0.5) is 0 Å². The Kier molecular flexibility index (Phi) is 5.74. The predicted molar refractivity (Wildman–Crippen MR) is 98.5 cm³/mol. The monoisotopic (exact) mass is 343 g/mol. The van der Waals surface area contributed by atoms with Crippen LogP contribution in [0.25, 0.3) is 0 Å². The molecule has 25 heavy (non-hydrogen) atoms. The van der Waals surface area contributed by atoms with Gasteiger partial charge in [-0.15, -0.1) is 0 Å². The summed E-state index contributed by atoms with van der Waals surface area (Å²) in [6.45, 7) is 0.603. The lowest BCUT2D eigenvalue weighted by atomic mass is 9.85. The molecule has 2 amide bonds. The Labute approximate surface area is 150 Å². The molecule has 2 fully saturated rings. The molecule has 2 aliphatic rings. The van der Waals surface area contributed by atoms with Gasteiger partial charge in [0, 0.05) is 32.2 Å². The van der Waals surface area contributed by atoms with E-state index in [1.807, 2.05) is 24.3 Å². The molecule has 0 spiro atoms. The van der Waals surface area contributed by atoms with Crippen molar-refractivity contribution in [1.82, 2.24) is 15.5 Å². The number of nitrogens with zero attached hydrogens (tertiary/aromatic N) is 1. The molecule has 3 atom stereocenters. The summed E-state index contributed by atoms with van der Waals surface area (Å²) in [7, 11) is 3.50. The van der Waals surface area contributed by atoms with Gasteiger partial charge in [-0.2, -0.15) is 0 Å². The zero-order valence-electron chi connectivity index (χ0n) is 15.3. The van der Waals surface area contributed by atoms with Crippen molar-refractivity contribution in [1.29, 1.82) is 0 Å². The van der Waals surface area contributed by atoms with Crippen LogP contribution in [-0.4, -0.2) is 49.4 Å². The number of amides is 2. The van der Waals surface area contributed by atoms with Crippen molar-refractivity contribution in [3.8, 4) is 0 Å². The Bertz CT molecular complexity index is 615. The molecule has 3 rings (SSSR count). The third-order valence-electron chi connectivity index (χ3n) is 5.47. The third-order valence-corrected chi connectivity index (χ3v) is 5.47. The summed E-state index contributed by atoms with van der Waals surface area (Å²) in [6.07, 6.45) is 6.77. The number of benzene rings is 1. The summed E-state index contributed by atoms with van der Waals surface area (Å²) in [5.41, 5.74) is 1.76. The van der Waals surface area contributed by atoms with Crippen molar-refractivity contribution < 1.29 is 9.59 Å². The highest BCUT2D eigenvalue weighted by Gasteiger charge is 2.37. The Morgan fingerprint density at radius 2 is 2.04 bits per heavy atom. The standard InChI is InChI=1S/C20H29N3O2/c1-23(2)20(25)16-8-5-6-14(12-16)10-11-21-19(24)18-13-15-7-3-4-9-17(15)22-18/h5-6,8,12,15,17-18,22H,3-4,7,9-11,13H2,1-2H3,(H,21,24). The van der Waals surface area contributed by atoms with Crippen molar-refractivity contribution >= 4 is 11.8 Å². The van der Waals surface area contributed by atoms with Crippen LogP contribution in [0.15, 0.2) is 24.3 Å². The average Bonchev–Trinajstić information content (AvgIpc) is 3.05. The van der Waals surface area contributed by atoms with Gasteiger partial charge in [-0.05, 0) is 49.3 Å². The van der Waals surface area contributed by atoms with E-state index < -0.39 is 0 Å². The maximum absolute atomic E-state index is 12.4. The molecule has 1 aliphatic heterocycles. The normalized spacial score (nSPS) is 25.3. The minimum atomic E-state index is -0.0326. The van der Waals surface area contributed by atoms with Gasteiger partial charge in [-0.25, -0.2) is 0 Å². The van der Waals surface area contributed by atoms with Gasteiger partial charge in [0.2, 0.25) is 5.91 Å². The van der Waals surface area contributed by atoms with Crippen LogP contribution in [0, 0.1) is 5.92 Å². The first-order chi connectivity index (χ1) is 12.0. The molecule has 1 saturated carbocycles. The smallest absolute Gasteiger partial charge is 0.253 e. The number of hydrogen-bond donors (Lipinski definition) is 2. The molecule has 1 heterocycles. The van der Waals surface area contributed by atoms with E-state index in [4.69, 9.17) is 0 Å². The van der Waals surface area contributed by atoms with Crippen molar-refractivity contribution in [2.75, 3.05) is 20.6 Å². The van der Waals surface area contributed by atoms with Crippen molar-refractivity contribution in [3.63, 3.8) is 0 Å². The van der Waals surface area contributed by atoms with Gasteiger partial charge in [0.1, 0.15) is 0 Å². The third kappa shape index (κ3) is 4.40. The maximum Gasteiger partial charge on any atom is 0.253 e. The predicted octanol–water partition coefficient (Wildman–Crippen LogP) is 1.97. The molecule has 1 aliphatic carbocycles. The first-order valence-electron chi connectivity index (χ1n) is 9.39. The van der Waals surface area contributed by atoms with E-state index in [0.717, 1.165) is 18.4 Å². The van der Waals surface area contributed by atoms with Crippen LogP contribution in [0.3, 0.4) is 0 Å². The Morgan fingerprint density at radius 3 is 2.80 bits per heavy atom. The lowest BCUT2D eigenvalue weighted by Gasteiger charge is -2.24. The number of carbonyl (C=O) groups is 2. The van der Waals surface area contributed by atoms with Gasteiger partial charge >= 0.3 is 0 Å². The van der Waals surface area contributed by atoms with Gasteiger partial charge < -0.3 is 15.5 Å². The van der Waals surface area contributed by atoms with Gasteiger partial charge in [-0.3, -0.25) is 9.59 Å². The number of fused-ring (bicyclic) bond motifs is 1. The highest BCUT2D eigenvalue weighted by Crippen LogP contribution is 2.33. The first kappa shape index (κ1) is 17.9. The number of hydrogen-bond acceptors (Lipinski definition) is 3. The first-order valence-corrected chi connectivity index (χ1v) is 9.39. The van der Waals surface area contributed by atoms with Gasteiger partial charge in [-0.1, -0.05) is 25.0 Å². The topological polar surface area (TPSA) is 61.4 Å². The second-order valence-corrected chi connectivity index (χ2v) is 7.55. The van der Waals surface area contributed by atoms with E-state index in [1.165, 1.54) is 25.7 Å². The van der Waals surface area contributed by atoms with E-state index in [-0.39, 0.29) is 17.9 Å². The van der Waals surface area contributed by atoms with Crippen LogP contribution in [-0.2, 0) is 11.2 Å². The van der Waals surface area contributed by atoms with E-state index in [9.17, 15) is 9.59 Å². The molecule has 136 valence electrons. The van der Waals surface area contributed by atoms with E-state index in [1.54, 1.807) is 19.0 Å². The summed E-state index contributed by atoms with van der Waals surface area (Å²) >= 11 is 0. The summed E-state index contributed by atoms with van der Waals surface area (Å²) in [4.78, 5) is 26.0.